The summed E-state index contributed by atoms with van der Waals surface area (Å²) in [5.41, 5.74) is 58.5. The number of benzene rings is 18. The van der Waals surface area contributed by atoms with E-state index < -0.39 is 0 Å². The maximum Gasteiger partial charge on any atom is 0.0346 e. The molecule has 0 N–H and O–H groups in total. The van der Waals surface area contributed by atoms with Crippen molar-refractivity contribution in [3.8, 4) is 156 Å². The zero-order valence-corrected chi connectivity index (χ0v) is 70.9. The highest BCUT2D eigenvalue weighted by molar-refractivity contribution is 5.91. The number of hydrogen-bond donors (Lipinski definition) is 0. The van der Waals surface area contributed by atoms with Crippen molar-refractivity contribution in [1.82, 2.24) is 4.98 Å². The first-order valence-corrected chi connectivity index (χ1v) is 43.6. The summed E-state index contributed by atoms with van der Waals surface area (Å²) in [5, 5.41) is 0. The fourth-order valence-corrected chi connectivity index (χ4v) is 19.4. The van der Waals surface area contributed by atoms with Gasteiger partial charge in [0.1, 0.15) is 0 Å². The van der Waals surface area contributed by atoms with Crippen LogP contribution in [0.2, 0.25) is 0 Å². The Morgan fingerprint density at radius 1 is 0.153 bits per heavy atom. The summed E-state index contributed by atoms with van der Waals surface area (Å²) < 4.78 is 0. The number of hydrogen-bond acceptors (Lipinski definition) is 1. The third-order valence-corrected chi connectivity index (χ3v) is 25.9. The van der Waals surface area contributed by atoms with Gasteiger partial charge in [-0.1, -0.05) is 411 Å². The summed E-state index contributed by atoms with van der Waals surface area (Å²) in [6, 6.07) is 150. The molecule has 124 heavy (non-hydrogen) atoms. The Morgan fingerprint density at radius 2 is 0.419 bits per heavy atom. The SMILES string of the molecule is Cc1cc(-c2ccccc2)cc2c1Cc1ccc(-c3ccccc3)cc1-2.Cc1ccc2c(c1)-c1cccc(-c3ccc(-c4ccc(-c5ccccc5)cc4)cc3)c1C2.Cc1ccc2c(c1)-c1cccc(-c3ccc(-c4ccccc4)cc3)c1C2.Cc1ccc2c(c1)-c1cccc(-c3ccccc3)c1C2.Cc1cccc2c1Cc1c(-c3cccnc3)cccc1-2. The first-order chi connectivity index (χ1) is 61.0. The van der Waals surface area contributed by atoms with E-state index >= 15 is 0 Å². The molecule has 0 atom stereocenters. The minimum Gasteiger partial charge on any atom is -0.264 e. The monoisotopic (exact) mass is 1590 g/mol. The zero-order valence-electron chi connectivity index (χ0n) is 70.9. The molecule has 0 amide bonds. The van der Waals surface area contributed by atoms with Crippen LogP contribution in [0.3, 0.4) is 0 Å². The lowest BCUT2D eigenvalue weighted by molar-refractivity contribution is 1.21. The molecule has 0 radical (unpaired) electrons. The summed E-state index contributed by atoms with van der Waals surface area (Å²) in [7, 11) is 0. The van der Waals surface area contributed by atoms with Crippen LogP contribution >= 0.6 is 0 Å². The molecule has 592 valence electrons. The smallest absolute Gasteiger partial charge is 0.0346 e. The van der Waals surface area contributed by atoms with Gasteiger partial charge in [0.25, 0.3) is 0 Å². The minimum atomic E-state index is 1.02. The average Bonchev–Trinajstić information content (AvgIpc) is 1.63. The molecule has 0 saturated carbocycles. The maximum atomic E-state index is 4.25. The van der Waals surface area contributed by atoms with Gasteiger partial charge in [-0.05, 0) is 302 Å². The van der Waals surface area contributed by atoms with Crippen LogP contribution in [0, 0.1) is 34.6 Å². The van der Waals surface area contributed by atoms with Crippen LogP contribution in [0.15, 0.2) is 425 Å². The lowest BCUT2D eigenvalue weighted by Gasteiger charge is -2.10. The van der Waals surface area contributed by atoms with Crippen LogP contribution in [-0.4, -0.2) is 4.98 Å². The van der Waals surface area contributed by atoms with E-state index in [4.69, 9.17) is 0 Å². The lowest BCUT2D eigenvalue weighted by atomic mass is 9.94. The van der Waals surface area contributed by atoms with Gasteiger partial charge < -0.3 is 0 Å². The molecule has 0 saturated heterocycles. The Kier molecular flexibility index (Phi) is 21.5. The van der Waals surface area contributed by atoms with E-state index in [9.17, 15) is 0 Å². The first kappa shape index (κ1) is 77.7. The molecular formula is C123H95N. The summed E-state index contributed by atoms with van der Waals surface area (Å²) in [6.07, 6.45) is 8.95. The molecule has 5 aliphatic rings. The molecule has 19 aromatic rings. The molecule has 0 bridgehead atoms. The van der Waals surface area contributed by atoms with Crippen LogP contribution in [0.4, 0.5) is 0 Å². The standard InChI is InChI=1S/C32H24.2C26H20.C20H16.C19H15N/c1-22-10-11-28-21-32-29(8-5-9-30(32)31(28)20-22)27-18-16-26(17-19-27)25-14-12-24(13-15-25)23-6-3-2-4-7-23;1-18-14-23(20-10-6-3-7-11-20)17-26-24(18)16-22-13-12-21(15-25(22)26)19-8-4-2-5-9-19;1-18-10-11-22-17-26-23(8-5-9-24(26)25(22)16-18)21-14-12-20(13-15-21)19-6-3-2-4-7-19;1-14-10-11-16-13-20-17(15-6-3-2-4-7-15)8-5-9-18(20)19(16)12-14;1-13-5-2-8-16-17-9-3-7-15(19(17)11-18(13)16)14-6-4-10-20-12-14/h2-20H,21H2,1H3;2-15,17H,16H2,1H3;2-16H,17H2,1H3;2-12H,13H2,1H3;2-10,12H,11H2,1H3. The van der Waals surface area contributed by atoms with E-state index in [-0.39, 0.29) is 0 Å². The molecule has 0 aliphatic heterocycles. The van der Waals surface area contributed by atoms with Gasteiger partial charge >= 0.3 is 0 Å². The van der Waals surface area contributed by atoms with Crippen LogP contribution in [0.1, 0.15) is 83.5 Å². The first-order valence-electron chi connectivity index (χ1n) is 43.6. The third kappa shape index (κ3) is 15.7. The highest BCUT2D eigenvalue weighted by Crippen LogP contribution is 2.49. The van der Waals surface area contributed by atoms with Gasteiger partial charge in [0.15, 0.2) is 0 Å². The molecule has 0 fully saturated rings. The molecule has 24 rings (SSSR count). The third-order valence-electron chi connectivity index (χ3n) is 25.9. The van der Waals surface area contributed by atoms with Crippen molar-refractivity contribution in [2.75, 3.05) is 0 Å². The van der Waals surface area contributed by atoms with Crippen molar-refractivity contribution in [1.29, 1.82) is 0 Å². The number of fused-ring (bicyclic) bond motifs is 15. The van der Waals surface area contributed by atoms with Gasteiger partial charge in [0.05, 0.1) is 0 Å². The predicted octanol–water partition coefficient (Wildman–Crippen LogP) is 32.2. The summed E-state index contributed by atoms with van der Waals surface area (Å²) in [6.45, 7) is 11.0. The van der Waals surface area contributed by atoms with Gasteiger partial charge in [-0.25, -0.2) is 0 Å². The number of rotatable bonds is 9. The molecule has 1 heteroatoms. The normalized spacial score (nSPS) is 11.9. The van der Waals surface area contributed by atoms with Gasteiger partial charge in [-0.3, -0.25) is 4.98 Å². The molecule has 18 aromatic carbocycles. The Morgan fingerprint density at radius 3 is 0.823 bits per heavy atom. The van der Waals surface area contributed by atoms with Gasteiger partial charge in [-0.2, -0.15) is 0 Å². The Balaban J connectivity index is 0.0000000992. The van der Waals surface area contributed by atoms with Crippen molar-refractivity contribution >= 4 is 0 Å². The van der Waals surface area contributed by atoms with Crippen LogP contribution in [0.5, 0.6) is 0 Å². The Bertz CT molecular complexity index is 7140. The number of aryl methyl sites for hydroxylation is 5. The summed E-state index contributed by atoms with van der Waals surface area (Å²) in [4.78, 5) is 4.25. The Labute approximate surface area is 730 Å². The second-order valence-electron chi connectivity index (χ2n) is 33.8. The highest BCUT2D eigenvalue weighted by atomic mass is 14.6. The van der Waals surface area contributed by atoms with Crippen LogP contribution < -0.4 is 0 Å². The van der Waals surface area contributed by atoms with Crippen molar-refractivity contribution in [2.45, 2.75) is 66.7 Å². The maximum absolute atomic E-state index is 4.25. The number of aromatic nitrogens is 1. The van der Waals surface area contributed by atoms with E-state index in [1.54, 1.807) is 0 Å². The van der Waals surface area contributed by atoms with Crippen molar-refractivity contribution in [2.24, 2.45) is 0 Å². The quantitative estimate of drug-likeness (QED) is 0.140. The molecule has 1 nitrogen and oxygen atoms in total. The molecule has 1 heterocycles. The second kappa shape index (κ2) is 34.3. The van der Waals surface area contributed by atoms with E-state index in [1.807, 2.05) is 18.5 Å². The van der Waals surface area contributed by atoms with Crippen LogP contribution in [-0.2, 0) is 32.1 Å². The van der Waals surface area contributed by atoms with E-state index in [0.29, 0.717) is 0 Å². The second-order valence-corrected chi connectivity index (χ2v) is 33.8. The lowest BCUT2D eigenvalue weighted by Crippen LogP contribution is -1.89. The van der Waals surface area contributed by atoms with Gasteiger partial charge in [-0.15, -0.1) is 0 Å². The number of pyridine rings is 1. The molecule has 0 spiro atoms. The van der Waals surface area contributed by atoms with Crippen molar-refractivity contribution in [3.63, 3.8) is 0 Å². The molecule has 5 aliphatic carbocycles. The van der Waals surface area contributed by atoms with Gasteiger partial charge in [0.2, 0.25) is 0 Å². The molecule has 0 unspecified atom stereocenters. The molecular weight excluding hydrogens is 1490 g/mol. The topological polar surface area (TPSA) is 12.9 Å². The predicted molar refractivity (Wildman–Crippen MR) is 524 cm³/mol. The fourth-order valence-electron chi connectivity index (χ4n) is 19.4. The molecule has 1 aromatic heterocycles. The summed E-state index contributed by atoms with van der Waals surface area (Å²) in [5.74, 6) is 0. The average molecular weight is 1590 g/mol. The highest BCUT2D eigenvalue weighted by Gasteiger charge is 2.28. The van der Waals surface area contributed by atoms with Crippen molar-refractivity contribution in [3.05, 3.63) is 508 Å². The van der Waals surface area contributed by atoms with E-state index in [1.165, 1.54) is 239 Å². The van der Waals surface area contributed by atoms with E-state index in [0.717, 1.165) is 32.1 Å². The summed E-state index contributed by atoms with van der Waals surface area (Å²) >= 11 is 0. The van der Waals surface area contributed by atoms with Crippen molar-refractivity contribution < 1.29 is 0 Å². The zero-order chi connectivity index (χ0) is 83.6. The minimum absolute atomic E-state index is 1.02. The fraction of sp³-hybridized carbons (Fsp3) is 0.0813. The van der Waals surface area contributed by atoms with Crippen LogP contribution in [0.25, 0.3) is 156 Å². The largest absolute Gasteiger partial charge is 0.264 e. The van der Waals surface area contributed by atoms with E-state index in [2.05, 4.69) is 446 Å². The van der Waals surface area contributed by atoms with Gasteiger partial charge in [0, 0.05) is 18.0 Å². The number of nitrogens with zero attached hydrogens (tertiary/aromatic N) is 1. The Hall–Kier alpha value is -14.9.